The normalized spacial score (nSPS) is 12.5. The van der Waals surface area contributed by atoms with Crippen LogP contribution in [0.3, 0.4) is 0 Å². The summed E-state index contributed by atoms with van der Waals surface area (Å²) in [7, 11) is 0. The number of amides is 1. The number of aromatic amines is 1. The van der Waals surface area contributed by atoms with Gasteiger partial charge in [-0.05, 0) is 12.1 Å². The minimum Gasteiger partial charge on any atom is -0.311 e. The van der Waals surface area contributed by atoms with Gasteiger partial charge in [-0.15, -0.1) is 5.10 Å². The Balaban J connectivity index is 1.86. The van der Waals surface area contributed by atoms with Crippen LogP contribution in [0.1, 0.15) is 11.6 Å². The summed E-state index contributed by atoms with van der Waals surface area (Å²) in [5.74, 6) is -4.51. The van der Waals surface area contributed by atoms with Gasteiger partial charge in [0.1, 0.15) is 6.54 Å². The Kier molecular flexibility index (Phi) is 4.08. The molecular weight excluding hydrogens is 370 g/mol. The highest BCUT2D eigenvalue weighted by Gasteiger charge is 2.38. The first-order valence-corrected chi connectivity index (χ1v) is 6.87. The molecule has 0 saturated carbocycles. The number of benzene rings is 1. The molecule has 7 nitrogen and oxygen atoms in total. The van der Waals surface area contributed by atoms with Gasteiger partial charge in [0.2, 0.25) is 23.5 Å². The third-order valence-electron chi connectivity index (χ3n) is 3.21. The number of nitrogens with zero attached hydrogens (tertiary/aromatic N) is 4. The van der Waals surface area contributed by atoms with Crippen LogP contribution in [-0.4, -0.2) is 30.6 Å². The number of imidazole rings is 1. The highest BCUT2D eigenvalue weighted by Crippen LogP contribution is 2.31. The lowest BCUT2D eigenvalue weighted by Crippen LogP contribution is -2.23. The third kappa shape index (κ3) is 3.45. The summed E-state index contributed by atoms with van der Waals surface area (Å²) in [5.41, 5.74) is 0.0609. The maximum Gasteiger partial charge on any atom is 0.451 e. The molecule has 0 unspecified atom stereocenters. The standard InChI is InChI=1S/C13H8F6N6O/c14-12(15,16)9-22-11(24-23-9)21-8(26)5-25-7-4-2-1-3-6(7)20-10(25)13(17,18)19/h1-4H,5H2,(H2,21,22,23,24,26). The molecule has 2 N–H and O–H groups in total. The molecule has 13 heteroatoms. The van der Waals surface area contributed by atoms with Crippen LogP contribution in [0.25, 0.3) is 11.0 Å². The monoisotopic (exact) mass is 378 g/mol. The largest absolute Gasteiger partial charge is 0.451 e. The van der Waals surface area contributed by atoms with Crippen molar-refractivity contribution in [2.45, 2.75) is 18.9 Å². The Morgan fingerprint density at radius 2 is 1.77 bits per heavy atom. The molecule has 0 atom stereocenters. The Morgan fingerprint density at radius 3 is 2.38 bits per heavy atom. The predicted molar refractivity (Wildman–Crippen MR) is 74.7 cm³/mol. The number of aromatic nitrogens is 5. The van der Waals surface area contributed by atoms with Crippen molar-refractivity contribution < 1.29 is 31.1 Å². The lowest BCUT2D eigenvalue weighted by atomic mass is 10.3. The van der Waals surface area contributed by atoms with E-state index in [-0.39, 0.29) is 11.0 Å². The molecule has 2 heterocycles. The number of nitrogens with one attached hydrogen (secondary N) is 2. The molecule has 0 aliphatic heterocycles. The number of carbonyl (C=O) groups excluding carboxylic acids is 1. The number of anilines is 1. The van der Waals surface area contributed by atoms with Crippen LogP contribution in [0.4, 0.5) is 32.3 Å². The van der Waals surface area contributed by atoms with E-state index < -0.39 is 42.4 Å². The van der Waals surface area contributed by atoms with Crippen molar-refractivity contribution in [3.63, 3.8) is 0 Å². The zero-order valence-corrected chi connectivity index (χ0v) is 12.5. The summed E-state index contributed by atoms with van der Waals surface area (Å²) in [6.07, 6.45) is -9.63. The molecule has 0 radical (unpaired) electrons. The maximum atomic E-state index is 13.1. The van der Waals surface area contributed by atoms with Crippen molar-refractivity contribution >= 4 is 22.9 Å². The molecule has 0 aliphatic rings. The second-order valence-electron chi connectivity index (χ2n) is 5.06. The first kappa shape index (κ1) is 17.7. The number of halogens is 6. The van der Waals surface area contributed by atoms with Crippen LogP contribution in [0.15, 0.2) is 24.3 Å². The van der Waals surface area contributed by atoms with E-state index in [0.29, 0.717) is 4.57 Å². The van der Waals surface area contributed by atoms with Crippen molar-refractivity contribution in [1.82, 2.24) is 24.7 Å². The molecule has 1 aromatic carbocycles. The van der Waals surface area contributed by atoms with E-state index in [0.717, 1.165) is 0 Å². The average molecular weight is 378 g/mol. The van der Waals surface area contributed by atoms with Crippen LogP contribution < -0.4 is 5.32 Å². The number of rotatable bonds is 3. The van der Waals surface area contributed by atoms with Gasteiger partial charge in [0, 0.05) is 0 Å². The quantitative estimate of drug-likeness (QED) is 0.686. The van der Waals surface area contributed by atoms with E-state index in [1.807, 2.05) is 5.32 Å². The minimum absolute atomic E-state index is 0.0184. The van der Waals surface area contributed by atoms with Crippen LogP contribution in [0.2, 0.25) is 0 Å². The smallest absolute Gasteiger partial charge is 0.311 e. The zero-order valence-electron chi connectivity index (χ0n) is 12.5. The Hall–Kier alpha value is -3.12. The highest BCUT2D eigenvalue weighted by molar-refractivity contribution is 5.90. The van der Waals surface area contributed by atoms with Crippen molar-refractivity contribution in [3.05, 3.63) is 35.9 Å². The van der Waals surface area contributed by atoms with Gasteiger partial charge in [-0.2, -0.15) is 31.3 Å². The summed E-state index contributed by atoms with van der Waals surface area (Å²) in [6.45, 7) is -0.842. The van der Waals surface area contributed by atoms with Crippen LogP contribution in [0, 0.1) is 0 Å². The van der Waals surface area contributed by atoms with Gasteiger partial charge in [0.15, 0.2) is 0 Å². The molecule has 0 aliphatic carbocycles. The molecule has 0 spiro atoms. The molecule has 26 heavy (non-hydrogen) atoms. The van der Waals surface area contributed by atoms with Crippen molar-refractivity contribution in [2.75, 3.05) is 5.32 Å². The molecule has 1 amide bonds. The topological polar surface area (TPSA) is 88.5 Å². The SMILES string of the molecule is O=C(Cn1c(C(F)(F)F)nc2ccccc21)Nc1n[nH]c(C(F)(F)F)n1. The first-order valence-electron chi connectivity index (χ1n) is 6.87. The van der Waals surface area contributed by atoms with Gasteiger partial charge >= 0.3 is 12.4 Å². The molecule has 0 saturated heterocycles. The average Bonchev–Trinajstić information content (AvgIpc) is 3.12. The van der Waals surface area contributed by atoms with Crippen LogP contribution >= 0.6 is 0 Å². The molecule has 2 aromatic heterocycles. The number of hydrogen-bond donors (Lipinski definition) is 2. The van der Waals surface area contributed by atoms with Gasteiger partial charge < -0.3 is 4.57 Å². The summed E-state index contributed by atoms with van der Waals surface area (Å²) in [4.78, 5) is 18.4. The number of H-pyrrole nitrogens is 1. The molecule has 3 aromatic rings. The number of fused-ring (bicyclic) bond motifs is 1. The fraction of sp³-hybridized carbons (Fsp3) is 0.231. The van der Waals surface area contributed by atoms with E-state index in [9.17, 15) is 31.1 Å². The summed E-state index contributed by atoms with van der Waals surface area (Å²) < 4.78 is 77.3. The van der Waals surface area contributed by atoms with Crippen molar-refractivity contribution in [1.29, 1.82) is 0 Å². The second kappa shape index (κ2) is 6.00. The Morgan fingerprint density at radius 1 is 1.08 bits per heavy atom. The van der Waals surface area contributed by atoms with Gasteiger partial charge in [0.05, 0.1) is 11.0 Å². The number of hydrogen-bond acceptors (Lipinski definition) is 4. The molecular formula is C13H8F6N6O. The van der Waals surface area contributed by atoms with Crippen molar-refractivity contribution in [2.24, 2.45) is 0 Å². The highest BCUT2D eigenvalue weighted by atomic mass is 19.4. The molecule has 0 bridgehead atoms. The summed E-state index contributed by atoms with van der Waals surface area (Å²) in [5, 5.41) is 6.63. The minimum atomic E-state index is -4.83. The van der Waals surface area contributed by atoms with E-state index >= 15 is 0 Å². The fourth-order valence-electron chi connectivity index (χ4n) is 2.20. The summed E-state index contributed by atoms with van der Waals surface area (Å²) >= 11 is 0. The molecule has 138 valence electrons. The number of carbonyl (C=O) groups is 1. The van der Waals surface area contributed by atoms with E-state index in [1.165, 1.54) is 24.3 Å². The van der Waals surface area contributed by atoms with Crippen LogP contribution in [0.5, 0.6) is 0 Å². The second-order valence-corrected chi connectivity index (χ2v) is 5.06. The van der Waals surface area contributed by atoms with Gasteiger partial charge in [-0.3, -0.25) is 15.2 Å². The summed E-state index contributed by atoms with van der Waals surface area (Å²) in [6, 6.07) is 5.61. The fourth-order valence-corrected chi connectivity index (χ4v) is 2.20. The predicted octanol–water partition coefficient (Wildman–Crippen LogP) is 2.83. The van der Waals surface area contributed by atoms with E-state index in [1.54, 1.807) is 5.10 Å². The van der Waals surface area contributed by atoms with E-state index in [4.69, 9.17) is 0 Å². The Labute approximate surface area is 140 Å². The van der Waals surface area contributed by atoms with Crippen molar-refractivity contribution in [3.8, 4) is 0 Å². The number of alkyl halides is 6. The maximum absolute atomic E-state index is 13.1. The Bertz CT molecular complexity index is 956. The lowest BCUT2D eigenvalue weighted by molar-refractivity contribution is -0.147. The first-order chi connectivity index (χ1) is 12.1. The molecule has 0 fully saturated rings. The van der Waals surface area contributed by atoms with Gasteiger partial charge in [-0.25, -0.2) is 4.98 Å². The van der Waals surface area contributed by atoms with Crippen LogP contribution in [-0.2, 0) is 23.7 Å². The van der Waals surface area contributed by atoms with E-state index in [2.05, 4.69) is 15.1 Å². The number of para-hydroxylation sites is 2. The molecule has 3 rings (SSSR count). The lowest BCUT2D eigenvalue weighted by Gasteiger charge is -2.10. The van der Waals surface area contributed by atoms with Gasteiger partial charge in [-0.1, -0.05) is 12.1 Å². The zero-order chi connectivity index (χ0) is 19.1. The third-order valence-corrected chi connectivity index (χ3v) is 3.21. The van der Waals surface area contributed by atoms with Gasteiger partial charge in [0.25, 0.3) is 0 Å².